The third-order valence-electron chi connectivity index (χ3n) is 2.64. The van der Waals surface area contributed by atoms with E-state index in [4.69, 9.17) is 4.74 Å². The van der Waals surface area contributed by atoms with E-state index >= 15 is 0 Å². The highest BCUT2D eigenvalue weighted by Gasteiger charge is 2.13. The minimum atomic E-state index is -0.950. The number of carbonyl (C=O) groups is 1. The molecule has 0 unspecified atom stereocenters. The van der Waals surface area contributed by atoms with E-state index in [0.717, 1.165) is 12.8 Å². The van der Waals surface area contributed by atoms with E-state index in [1.165, 1.54) is 5.56 Å². The summed E-state index contributed by atoms with van der Waals surface area (Å²) < 4.78 is 4.99. The first kappa shape index (κ1) is 14.7. The van der Waals surface area contributed by atoms with Crippen LogP contribution in [0.25, 0.3) is 0 Å². The van der Waals surface area contributed by atoms with Gasteiger partial charge in [-0.2, -0.15) is 0 Å². The van der Waals surface area contributed by atoms with Gasteiger partial charge in [0, 0.05) is 6.61 Å². The summed E-state index contributed by atoms with van der Waals surface area (Å²) >= 11 is 0. The molecule has 2 N–H and O–H groups in total. The van der Waals surface area contributed by atoms with E-state index in [9.17, 15) is 9.90 Å². The van der Waals surface area contributed by atoms with Crippen molar-refractivity contribution in [3.05, 3.63) is 35.9 Å². The topological polar surface area (TPSA) is 58.6 Å². The maximum atomic E-state index is 11.4. The molecule has 0 heterocycles. The summed E-state index contributed by atoms with van der Waals surface area (Å²) in [5.74, 6) is -0.364. The molecular weight excluding hydrogens is 230 g/mol. The van der Waals surface area contributed by atoms with Gasteiger partial charge >= 0.3 is 0 Å². The second-order valence-corrected chi connectivity index (χ2v) is 4.07. The maximum absolute atomic E-state index is 11.4. The van der Waals surface area contributed by atoms with Crippen LogP contribution in [0, 0.1) is 0 Å². The molecule has 1 amide bonds. The molecule has 0 saturated carbocycles. The van der Waals surface area contributed by atoms with Crippen LogP contribution < -0.4 is 5.32 Å². The van der Waals surface area contributed by atoms with Gasteiger partial charge in [-0.05, 0) is 31.7 Å². The second kappa shape index (κ2) is 8.66. The zero-order valence-electron chi connectivity index (χ0n) is 10.8. The number of carbonyl (C=O) groups excluding carboxylic acids is 1. The fourth-order valence-corrected chi connectivity index (χ4v) is 1.62. The predicted octanol–water partition coefficient (Wildman–Crippen LogP) is 1.48. The van der Waals surface area contributed by atoms with Crippen molar-refractivity contribution < 1.29 is 14.6 Å². The van der Waals surface area contributed by atoms with Gasteiger partial charge in [0.1, 0.15) is 12.8 Å². The predicted molar refractivity (Wildman–Crippen MR) is 70.0 cm³/mol. The Bertz CT molecular complexity index is 340. The van der Waals surface area contributed by atoms with Crippen LogP contribution in [0.1, 0.15) is 25.3 Å². The largest absolute Gasteiger partial charge is 0.383 e. The summed E-state index contributed by atoms with van der Waals surface area (Å²) in [5, 5.41) is 12.1. The van der Waals surface area contributed by atoms with Crippen molar-refractivity contribution in [2.75, 3.05) is 13.3 Å². The van der Waals surface area contributed by atoms with Crippen molar-refractivity contribution in [2.24, 2.45) is 0 Å². The molecule has 1 rings (SSSR count). The Balaban J connectivity index is 2.16. The molecule has 0 fully saturated rings. The van der Waals surface area contributed by atoms with Gasteiger partial charge in [0.2, 0.25) is 0 Å². The Morgan fingerprint density at radius 1 is 1.39 bits per heavy atom. The van der Waals surface area contributed by atoms with Crippen molar-refractivity contribution in [3.63, 3.8) is 0 Å². The van der Waals surface area contributed by atoms with Gasteiger partial charge in [0.25, 0.3) is 5.91 Å². The van der Waals surface area contributed by atoms with Crippen molar-refractivity contribution in [3.8, 4) is 0 Å². The van der Waals surface area contributed by atoms with Gasteiger partial charge in [0.15, 0.2) is 0 Å². The van der Waals surface area contributed by atoms with E-state index < -0.39 is 6.10 Å². The molecular formula is C14H21NO3. The molecule has 0 aliphatic heterocycles. The summed E-state index contributed by atoms with van der Waals surface area (Å²) in [5.41, 5.74) is 1.22. The maximum Gasteiger partial charge on any atom is 0.250 e. The Labute approximate surface area is 108 Å². The van der Waals surface area contributed by atoms with Crippen molar-refractivity contribution in [1.82, 2.24) is 5.32 Å². The van der Waals surface area contributed by atoms with Crippen molar-refractivity contribution >= 4 is 5.91 Å². The first-order valence-electron chi connectivity index (χ1n) is 6.31. The van der Waals surface area contributed by atoms with Gasteiger partial charge in [-0.3, -0.25) is 4.79 Å². The molecule has 0 bridgehead atoms. The van der Waals surface area contributed by atoms with Gasteiger partial charge in [-0.1, -0.05) is 30.3 Å². The van der Waals surface area contributed by atoms with Crippen LogP contribution in [0.3, 0.4) is 0 Å². The van der Waals surface area contributed by atoms with Crippen molar-refractivity contribution in [1.29, 1.82) is 0 Å². The zero-order chi connectivity index (χ0) is 13.2. The molecule has 4 nitrogen and oxygen atoms in total. The van der Waals surface area contributed by atoms with Gasteiger partial charge < -0.3 is 15.2 Å². The summed E-state index contributed by atoms with van der Waals surface area (Å²) in [6.07, 6.45) is 1.17. The standard InChI is InChI=1S/C14H21NO3/c1-2-18-11-15-14(17)13(16)10-6-9-12-7-4-3-5-8-12/h3-5,7-8,13,16H,2,6,9-11H2,1H3,(H,15,17)/t13-/m1/s1. The molecule has 1 aromatic rings. The van der Waals surface area contributed by atoms with Crippen LogP contribution >= 0.6 is 0 Å². The smallest absolute Gasteiger partial charge is 0.250 e. The number of ether oxygens (including phenoxy) is 1. The second-order valence-electron chi connectivity index (χ2n) is 4.07. The van der Waals surface area contributed by atoms with Crippen LogP contribution in [-0.2, 0) is 16.0 Å². The third kappa shape index (κ3) is 5.80. The minimum absolute atomic E-state index is 0.158. The summed E-state index contributed by atoms with van der Waals surface area (Å²) in [6, 6.07) is 10.0. The Hall–Kier alpha value is -1.39. The molecule has 18 heavy (non-hydrogen) atoms. The molecule has 0 aliphatic rings. The number of aliphatic hydroxyl groups is 1. The van der Waals surface area contributed by atoms with E-state index in [-0.39, 0.29) is 12.6 Å². The van der Waals surface area contributed by atoms with Gasteiger partial charge in [0.05, 0.1) is 0 Å². The lowest BCUT2D eigenvalue weighted by Crippen LogP contribution is -2.35. The molecule has 0 saturated heterocycles. The molecule has 0 radical (unpaired) electrons. The molecule has 0 aliphatic carbocycles. The van der Waals surface area contributed by atoms with E-state index in [0.29, 0.717) is 13.0 Å². The summed E-state index contributed by atoms with van der Waals surface area (Å²) in [6.45, 7) is 2.55. The summed E-state index contributed by atoms with van der Waals surface area (Å²) in [7, 11) is 0. The number of aryl methyl sites for hydroxylation is 1. The molecule has 0 aromatic heterocycles. The number of rotatable bonds is 8. The van der Waals surface area contributed by atoms with Crippen molar-refractivity contribution in [2.45, 2.75) is 32.3 Å². The number of benzene rings is 1. The third-order valence-corrected chi connectivity index (χ3v) is 2.64. The fraction of sp³-hybridized carbons (Fsp3) is 0.500. The SMILES string of the molecule is CCOCNC(=O)[C@H](O)CCCc1ccccc1. The van der Waals surface area contributed by atoms with Crippen LogP contribution in [0.2, 0.25) is 0 Å². The Morgan fingerprint density at radius 2 is 2.11 bits per heavy atom. The van der Waals surface area contributed by atoms with Gasteiger partial charge in [-0.25, -0.2) is 0 Å². The zero-order valence-corrected chi connectivity index (χ0v) is 10.8. The molecule has 1 aromatic carbocycles. The number of aliphatic hydroxyl groups excluding tert-OH is 1. The normalized spacial score (nSPS) is 12.1. The molecule has 0 spiro atoms. The lowest BCUT2D eigenvalue weighted by molar-refractivity contribution is -0.131. The van der Waals surface area contributed by atoms with E-state index in [1.807, 2.05) is 37.3 Å². The van der Waals surface area contributed by atoms with Crippen LogP contribution in [0.5, 0.6) is 0 Å². The minimum Gasteiger partial charge on any atom is -0.383 e. The van der Waals surface area contributed by atoms with Crippen LogP contribution in [-0.4, -0.2) is 30.5 Å². The number of hydrogen-bond donors (Lipinski definition) is 2. The van der Waals surface area contributed by atoms with Crippen LogP contribution in [0.4, 0.5) is 0 Å². The van der Waals surface area contributed by atoms with Crippen LogP contribution in [0.15, 0.2) is 30.3 Å². The molecule has 1 atom stereocenters. The quantitative estimate of drug-likeness (QED) is 0.543. The Kier molecular flexibility index (Phi) is 7.06. The first-order valence-corrected chi connectivity index (χ1v) is 6.31. The van der Waals surface area contributed by atoms with E-state index in [2.05, 4.69) is 5.32 Å². The monoisotopic (exact) mass is 251 g/mol. The first-order chi connectivity index (χ1) is 8.74. The van der Waals surface area contributed by atoms with Gasteiger partial charge in [-0.15, -0.1) is 0 Å². The highest BCUT2D eigenvalue weighted by atomic mass is 16.5. The van der Waals surface area contributed by atoms with E-state index in [1.54, 1.807) is 0 Å². The molecule has 100 valence electrons. The Morgan fingerprint density at radius 3 is 2.78 bits per heavy atom. The molecule has 4 heteroatoms. The fourth-order valence-electron chi connectivity index (χ4n) is 1.62. The summed E-state index contributed by atoms with van der Waals surface area (Å²) in [4.78, 5) is 11.4. The lowest BCUT2D eigenvalue weighted by atomic mass is 10.1. The number of nitrogens with one attached hydrogen (secondary N) is 1. The lowest BCUT2D eigenvalue weighted by Gasteiger charge is -2.11. The number of hydrogen-bond acceptors (Lipinski definition) is 3. The highest BCUT2D eigenvalue weighted by Crippen LogP contribution is 2.06. The average Bonchev–Trinajstić information content (AvgIpc) is 2.40. The highest BCUT2D eigenvalue weighted by molar-refractivity contribution is 5.80. The average molecular weight is 251 g/mol. The number of amides is 1.